The van der Waals surface area contributed by atoms with E-state index in [1.54, 1.807) is 0 Å². The fourth-order valence-corrected chi connectivity index (χ4v) is 5.16. The van der Waals surface area contributed by atoms with Gasteiger partial charge in [0, 0.05) is 13.0 Å². The van der Waals surface area contributed by atoms with E-state index in [0.717, 1.165) is 64.6 Å². The number of hydrogen-bond acceptors (Lipinski definition) is 6. The Morgan fingerprint density at radius 3 is 1.62 bits per heavy atom. The molecule has 6 nitrogen and oxygen atoms in total. The fourth-order valence-electron chi connectivity index (χ4n) is 5.16. The monoisotopic (exact) mass is 600 g/mol. The summed E-state index contributed by atoms with van der Waals surface area (Å²) in [6.45, 7) is 13.1. The molecule has 0 unspecified atom stereocenters. The van der Waals surface area contributed by atoms with Gasteiger partial charge in [0.15, 0.2) is 0 Å². The Balaban J connectivity index is 0. The maximum atomic E-state index is 11.5. The summed E-state index contributed by atoms with van der Waals surface area (Å²) in [6, 6.07) is 0. The van der Waals surface area contributed by atoms with Crippen molar-refractivity contribution in [1.29, 1.82) is 0 Å². The third-order valence-corrected chi connectivity index (χ3v) is 7.99. The first-order valence-corrected chi connectivity index (χ1v) is 18.2. The van der Waals surface area contributed by atoms with Gasteiger partial charge in [-0.15, -0.1) is 0 Å². The molecular weight excluding hydrogens is 526 g/mol. The highest BCUT2D eigenvalue weighted by Gasteiger charge is 2.09. The van der Waals surface area contributed by atoms with Crippen molar-refractivity contribution in [2.45, 2.75) is 188 Å². The number of nitrogens with zero attached hydrogens (tertiary/aromatic N) is 1. The zero-order valence-corrected chi connectivity index (χ0v) is 28.7. The normalized spacial score (nSPS) is 11.0. The Morgan fingerprint density at radius 2 is 1.12 bits per heavy atom. The van der Waals surface area contributed by atoms with Crippen LogP contribution in [-0.2, 0) is 19.1 Å². The van der Waals surface area contributed by atoms with Crippen LogP contribution >= 0.6 is 0 Å². The van der Waals surface area contributed by atoms with Crippen molar-refractivity contribution in [1.82, 2.24) is 4.90 Å². The van der Waals surface area contributed by atoms with Gasteiger partial charge in [0.1, 0.15) is 6.10 Å². The number of aliphatic hydroxyl groups excluding tert-OH is 1. The number of ether oxygens (including phenoxy) is 2. The van der Waals surface area contributed by atoms with Crippen LogP contribution in [0, 0.1) is 0 Å². The molecule has 0 aromatic rings. The Morgan fingerprint density at radius 1 is 0.643 bits per heavy atom. The number of carbonyl (C=O) groups is 2. The smallest absolute Gasteiger partial charge is 0.305 e. The summed E-state index contributed by atoms with van der Waals surface area (Å²) in [4.78, 5) is 24.3. The second-order valence-electron chi connectivity index (χ2n) is 11.9. The van der Waals surface area contributed by atoms with Crippen molar-refractivity contribution >= 4 is 12.4 Å². The van der Waals surface area contributed by atoms with Gasteiger partial charge in [-0.1, -0.05) is 130 Å². The first kappa shape index (κ1) is 43.0. The summed E-state index contributed by atoms with van der Waals surface area (Å²) in [6.07, 6.45) is 28.8. The maximum absolute atomic E-state index is 11.5. The van der Waals surface area contributed by atoms with Crippen LogP contribution in [0.15, 0.2) is 0 Å². The van der Waals surface area contributed by atoms with Crippen LogP contribution in [-0.4, -0.2) is 61.4 Å². The molecule has 0 saturated carbocycles. The van der Waals surface area contributed by atoms with E-state index in [4.69, 9.17) is 14.6 Å². The van der Waals surface area contributed by atoms with Gasteiger partial charge < -0.3 is 19.5 Å². The van der Waals surface area contributed by atoms with Crippen LogP contribution in [0.25, 0.3) is 0 Å². The minimum Gasteiger partial charge on any atom is -0.466 e. The summed E-state index contributed by atoms with van der Waals surface area (Å²) in [5, 5.41) is 8.91. The van der Waals surface area contributed by atoms with Crippen LogP contribution in [0.4, 0.5) is 0 Å². The molecule has 1 N–H and O–H groups in total. The first-order chi connectivity index (χ1) is 20.6. The SMILES string of the molecule is CCCCCCCCC(CCCCCCCC)OC=O.CCCCCOC(=O)CCCCCCCCN(CC)CCO. The zero-order valence-electron chi connectivity index (χ0n) is 28.7. The summed E-state index contributed by atoms with van der Waals surface area (Å²) < 4.78 is 10.4. The number of rotatable bonds is 32. The van der Waals surface area contributed by atoms with Gasteiger partial charge in [0.05, 0.1) is 13.2 Å². The van der Waals surface area contributed by atoms with Gasteiger partial charge in [-0.05, 0) is 58.0 Å². The molecule has 0 fully saturated rings. The summed E-state index contributed by atoms with van der Waals surface area (Å²) in [5.74, 6) is -0.0290. The number of unbranched alkanes of at least 4 members (excludes halogenated alkanes) is 17. The standard InChI is InChI=1S/C18H37NO3.C18H36O2/c1-3-5-12-17-22-18(21)13-10-8-6-7-9-11-14-19(4-2)15-16-20;1-3-5-7-9-11-13-15-18(20-17-19)16-14-12-10-8-6-4-2/h20H,3-17H2,1-2H3;17-18H,3-16H2,1-2H3. The van der Waals surface area contributed by atoms with Crippen LogP contribution in [0.1, 0.15) is 182 Å². The highest BCUT2D eigenvalue weighted by atomic mass is 16.5. The Kier molecular flexibility index (Phi) is 38.8. The molecule has 0 atom stereocenters. The van der Waals surface area contributed by atoms with E-state index in [-0.39, 0.29) is 18.7 Å². The summed E-state index contributed by atoms with van der Waals surface area (Å²) in [7, 11) is 0. The molecule has 252 valence electrons. The van der Waals surface area contributed by atoms with Gasteiger partial charge >= 0.3 is 5.97 Å². The Bertz CT molecular complexity index is 515. The minimum absolute atomic E-state index is 0.0290. The van der Waals surface area contributed by atoms with E-state index in [9.17, 15) is 9.59 Å². The molecule has 0 aliphatic heterocycles. The molecule has 0 radical (unpaired) electrons. The number of likely N-dealkylation sites (N-methyl/N-ethyl adjacent to an activating group) is 1. The van der Waals surface area contributed by atoms with Gasteiger partial charge in [-0.25, -0.2) is 0 Å². The molecule has 0 aliphatic carbocycles. The Hall–Kier alpha value is -1.14. The van der Waals surface area contributed by atoms with E-state index in [0.29, 0.717) is 19.5 Å². The average Bonchev–Trinajstić information content (AvgIpc) is 2.99. The van der Waals surface area contributed by atoms with E-state index < -0.39 is 0 Å². The third kappa shape index (κ3) is 35.1. The number of carbonyl (C=O) groups excluding carboxylic acids is 2. The third-order valence-electron chi connectivity index (χ3n) is 7.99. The number of esters is 1. The molecule has 6 heteroatoms. The predicted octanol–water partition coefficient (Wildman–Crippen LogP) is 9.79. The molecule has 0 saturated heterocycles. The van der Waals surface area contributed by atoms with Crippen LogP contribution < -0.4 is 0 Å². The highest BCUT2D eigenvalue weighted by Crippen LogP contribution is 2.16. The van der Waals surface area contributed by atoms with Crippen LogP contribution in [0.2, 0.25) is 0 Å². The number of hydrogen-bond donors (Lipinski definition) is 1. The maximum Gasteiger partial charge on any atom is 0.305 e. The summed E-state index contributed by atoms with van der Waals surface area (Å²) in [5.41, 5.74) is 0. The van der Waals surface area contributed by atoms with Crippen molar-refractivity contribution in [2.75, 3.05) is 32.8 Å². The van der Waals surface area contributed by atoms with E-state index in [1.165, 1.54) is 103 Å². The average molecular weight is 600 g/mol. The largest absolute Gasteiger partial charge is 0.466 e. The molecule has 0 spiro atoms. The number of aliphatic hydroxyl groups is 1. The lowest BCUT2D eigenvalue weighted by molar-refractivity contribution is -0.144. The van der Waals surface area contributed by atoms with E-state index >= 15 is 0 Å². The second kappa shape index (κ2) is 37.9. The molecule has 0 amide bonds. The molecule has 0 aliphatic rings. The highest BCUT2D eigenvalue weighted by molar-refractivity contribution is 5.69. The second-order valence-corrected chi connectivity index (χ2v) is 11.9. The molecule has 0 rings (SSSR count). The van der Waals surface area contributed by atoms with Gasteiger partial charge in [0.2, 0.25) is 0 Å². The topological polar surface area (TPSA) is 76.1 Å². The van der Waals surface area contributed by atoms with Crippen molar-refractivity contribution in [3.63, 3.8) is 0 Å². The van der Waals surface area contributed by atoms with Crippen molar-refractivity contribution in [2.24, 2.45) is 0 Å². The van der Waals surface area contributed by atoms with Gasteiger partial charge in [0.25, 0.3) is 6.47 Å². The fraction of sp³-hybridized carbons (Fsp3) is 0.944. The predicted molar refractivity (Wildman–Crippen MR) is 179 cm³/mol. The van der Waals surface area contributed by atoms with Crippen molar-refractivity contribution in [3.8, 4) is 0 Å². The minimum atomic E-state index is -0.0290. The van der Waals surface area contributed by atoms with Crippen LogP contribution in [0.5, 0.6) is 0 Å². The summed E-state index contributed by atoms with van der Waals surface area (Å²) >= 11 is 0. The lowest BCUT2D eigenvalue weighted by Gasteiger charge is -2.18. The molecule has 0 aromatic heterocycles. The Labute approximate surface area is 262 Å². The first-order valence-electron chi connectivity index (χ1n) is 18.2. The van der Waals surface area contributed by atoms with E-state index in [1.807, 2.05) is 0 Å². The van der Waals surface area contributed by atoms with E-state index in [2.05, 4.69) is 32.6 Å². The van der Waals surface area contributed by atoms with Crippen molar-refractivity contribution < 1.29 is 24.2 Å². The molecule has 0 aromatic carbocycles. The molecular formula is C36H73NO5. The molecule has 0 heterocycles. The van der Waals surface area contributed by atoms with Crippen molar-refractivity contribution in [3.05, 3.63) is 0 Å². The van der Waals surface area contributed by atoms with Crippen LogP contribution in [0.3, 0.4) is 0 Å². The van der Waals surface area contributed by atoms with Gasteiger partial charge in [-0.2, -0.15) is 0 Å². The molecule has 42 heavy (non-hydrogen) atoms. The quantitative estimate of drug-likeness (QED) is 0.0471. The van der Waals surface area contributed by atoms with Gasteiger partial charge in [-0.3, -0.25) is 9.59 Å². The lowest BCUT2D eigenvalue weighted by atomic mass is 10.0. The lowest BCUT2D eigenvalue weighted by Crippen LogP contribution is -2.27. The zero-order chi connectivity index (χ0) is 31.4. The molecule has 0 bridgehead atoms.